The molecule has 1 spiro atoms. The molecular weight excluding hydrogens is 284 g/mol. The maximum absolute atomic E-state index is 12.7. The third kappa shape index (κ3) is 2.95. The molecule has 2 rings (SSSR count). The van der Waals surface area contributed by atoms with Gasteiger partial charge in [0.15, 0.2) is 0 Å². The summed E-state index contributed by atoms with van der Waals surface area (Å²) in [5.41, 5.74) is 4.19. The molecule has 0 aromatic carbocycles. The monoisotopic (exact) mass is 310 g/mol. The van der Waals surface area contributed by atoms with Gasteiger partial charge in [-0.15, -0.1) is 0 Å². The molecule has 0 aromatic heterocycles. The Labute approximate surface area is 131 Å². The summed E-state index contributed by atoms with van der Waals surface area (Å²) in [7, 11) is 0. The van der Waals surface area contributed by atoms with Gasteiger partial charge in [-0.25, -0.2) is 4.79 Å². The van der Waals surface area contributed by atoms with Crippen LogP contribution in [0, 0.1) is 5.92 Å². The smallest absolute Gasteiger partial charge is 0.325 e. The molecule has 7 nitrogen and oxygen atoms in total. The molecule has 0 radical (unpaired) electrons. The van der Waals surface area contributed by atoms with E-state index >= 15 is 0 Å². The fraction of sp³-hybridized carbons (Fsp3) is 0.800. The van der Waals surface area contributed by atoms with Gasteiger partial charge in [0.1, 0.15) is 12.1 Å². The van der Waals surface area contributed by atoms with Crippen LogP contribution in [0.25, 0.3) is 0 Å². The maximum Gasteiger partial charge on any atom is 0.325 e. The first-order valence-electron chi connectivity index (χ1n) is 7.87. The Hall–Kier alpha value is -1.63. The molecule has 22 heavy (non-hydrogen) atoms. The van der Waals surface area contributed by atoms with Crippen LogP contribution < -0.4 is 16.4 Å². The Balaban J connectivity index is 2.08. The van der Waals surface area contributed by atoms with E-state index in [1.807, 2.05) is 6.92 Å². The van der Waals surface area contributed by atoms with Gasteiger partial charge >= 0.3 is 6.03 Å². The molecule has 4 amide bonds. The Bertz CT molecular complexity index is 491. The lowest BCUT2D eigenvalue weighted by Crippen LogP contribution is -2.55. The van der Waals surface area contributed by atoms with Crippen molar-refractivity contribution in [2.45, 2.75) is 57.5 Å². The van der Waals surface area contributed by atoms with E-state index in [0.717, 1.165) is 24.2 Å². The van der Waals surface area contributed by atoms with Crippen LogP contribution in [0.15, 0.2) is 0 Å². The first-order valence-corrected chi connectivity index (χ1v) is 7.87. The summed E-state index contributed by atoms with van der Waals surface area (Å²) in [6.07, 6.45) is 3.53. The highest BCUT2D eigenvalue weighted by Crippen LogP contribution is 2.38. The zero-order chi connectivity index (χ0) is 16.5. The first kappa shape index (κ1) is 16.7. The molecule has 0 bridgehead atoms. The quantitative estimate of drug-likeness (QED) is 0.651. The number of nitrogens with one attached hydrogen (secondary N) is 2. The van der Waals surface area contributed by atoms with E-state index in [9.17, 15) is 14.4 Å². The number of amides is 4. The molecule has 1 aliphatic carbocycles. The van der Waals surface area contributed by atoms with Gasteiger partial charge < -0.3 is 16.4 Å². The molecule has 2 unspecified atom stereocenters. The predicted octanol–water partition coefficient (Wildman–Crippen LogP) is 0.341. The van der Waals surface area contributed by atoms with Crippen molar-refractivity contribution in [1.29, 1.82) is 0 Å². The van der Waals surface area contributed by atoms with Crippen LogP contribution in [0.5, 0.6) is 0 Å². The van der Waals surface area contributed by atoms with E-state index in [2.05, 4.69) is 10.6 Å². The Kier molecular flexibility index (Phi) is 4.47. The molecule has 4 N–H and O–H groups in total. The molecule has 1 saturated heterocycles. The zero-order valence-corrected chi connectivity index (χ0v) is 13.6. The third-order valence-corrected chi connectivity index (χ3v) is 4.79. The van der Waals surface area contributed by atoms with Crippen molar-refractivity contribution >= 4 is 17.8 Å². The van der Waals surface area contributed by atoms with Gasteiger partial charge in [-0.05, 0) is 32.6 Å². The van der Waals surface area contributed by atoms with Crippen molar-refractivity contribution < 1.29 is 14.4 Å². The van der Waals surface area contributed by atoms with Crippen LogP contribution in [0.2, 0.25) is 0 Å². The minimum atomic E-state index is -0.820. The highest BCUT2D eigenvalue weighted by Gasteiger charge is 2.55. The Morgan fingerprint density at radius 1 is 1.45 bits per heavy atom. The largest absolute Gasteiger partial charge is 0.348 e. The molecule has 2 aliphatic rings. The normalized spacial score (nSPS) is 28.9. The molecule has 1 aliphatic heterocycles. The lowest BCUT2D eigenvalue weighted by Gasteiger charge is -2.36. The second-order valence-corrected chi connectivity index (χ2v) is 7.08. The lowest BCUT2D eigenvalue weighted by molar-refractivity contribution is -0.137. The van der Waals surface area contributed by atoms with Gasteiger partial charge in [0.05, 0.1) is 0 Å². The van der Waals surface area contributed by atoms with Crippen LogP contribution in [0.3, 0.4) is 0 Å². The van der Waals surface area contributed by atoms with E-state index in [1.165, 1.54) is 0 Å². The highest BCUT2D eigenvalue weighted by molar-refractivity contribution is 6.09. The van der Waals surface area contributed by atoms with Crippen molar-refractivity contribution in [3.63, 3.8) is 0 Å². The zero-order valence-electron chi connectivity index (χ0n) is 13.6. The number of carbonyl (C=O) groups is 3. The molecule has 124 valence electrons. The van der Waals surface area contributed by atoms with E-state index in [0.29, 0.717) is 6.42 Å². The summed E-state index contributed by atoms with van der Waals surface area (Å²) >= 11 is 0. The highest BCUT2D eigenvalue weighted by atomic mass is 16.2. The van der Waals surface area contributed by atoms with Gasteiger partial charge in [-0.2, -0.15) is 0 Å². The summed E-state index contributed by atoms with van der Waals surface area (Å²) in [4.78, 5) is 38.0. The summed E-state index contributed by atoms with van der Waals surface area (Å²) in [5.74, 6) is -0.559. The molecular formula is C15H26N4O3. The number of carbonyl (C=O) groups excluding carboxylic acids is 3. The molecule has 7 heteroatoms. The van der Waals surface area contributed by atoms with E-state index in [1.54, 1.807) is 13.8 Å². The molecule has 1 saturated carbocycles. The molecule has 0 aromatic rings. The predicted molar refractivity (Wildman–Crippen MR) is 81.9 cm³/mol. The standard InChI is InChI=1S/C15H26N4O3/c1-10-6-4-5-7-15(10)12(21)19(13(22)18-15)8-11(20)17-14(2,3)9-16/h10H,4-9,16H2,1-3H3,(H,17,20)(H,18,22). The van der Waals surface area contributed by atoms with E-state index in [4.69, 9.17) is 5.73 Å². The fourth-order valence-corrected chi connectivity index (χ4v) is 3.25. The van der Waals surface area contributed by atoms with Gasteiger partial charge in [0.25, 0.3) is 5.91 Å². The summed E-state index contributed by atoms with van der Waals surface area (Å²) in [6.45, 7) is 5.59. The fourth-order valence-electron chi connectivity index (χ4n) is 3.25. The van der Waals surface area contributed by atoms with Crippen LogP contribution in [-0.2, 0) is 9.59 Å². The second-order valence-electron chi connectivity index (χ2n) is 7.08. The minimum absolute atomic E-state index is 0.0891. The van der Waals surface area contributed by atoms with Gasteiger partial charge in [0, 0.05) is 12.1 Å². The van der Waals surface area contributed by atoms with E-state index in [-0.39, 0.29) is 30.8 Å². The maximum atomic E-state index is 12.7. The number of nitrogens with two attached hydrogens (primary N) is 1. The number of urea groups is 1. The van der Waals surface area contributed by atoms with Gasteiger partial charge in [-0.3, -0.25) is 14.5 Å². The Morgan fingerprint density at radius 3 is 2.73 bits per heavy atom. The van der Waals surface area contributed by atoms with Crippen LogP contribution in [-0.4, -0.2) is 46.9 Å². The van der Waals surface area contributed by atoms with Gasteiger partial charge in [0.2, 0.25) is 5.91 Å². The summed E-state index contributed by atoms with van der Waals surface area (Å²) < 4.78 is 0. The lowest BCUT2D eigenvalue weighted by atomic mass is 9.73. The number of hydrogen-bond donors (Lipinski definition) is 3. The number of nitrogens with zero attached hydrogens (tertiary/aromatic N) is 1. The first-order chi connectivity index (χ1) is 10.2. The van der Waals surface area contributed by atoms with Crippen LogP contribution >= 0.6 is 0 Å². The van der Waals surface area contributed by atoms with Crippen molar-refractivity contribution in [1.82, 2.24) is 15.5 Å². The average molecular weight is 310 g/mol. The average Bonchev–Trinajstić information content (AvgIpc) is 2.67. The summed E-state index contributed by atoms with van der Waals surface area (Å²) in [6, 6.07) is -0.473. The Morgan fingerprint density at radius 2 is 2.14 bits per heavy atom. The topological polar surface area (TPSA) is 105 Å². The second kappa shape index (κ2) is 5.87. The van der Waals surface area contributed by atoms with Crippen molar-refractivity contribution in [3.8, 4) is 0 Å². The number of imide groups is 1. The van der Waals surface area contributed by atoms with Crippen molar-refractivity contribution in [3.05, 3.63) is 0 Å². The van der Waals surface area contributed by atoms with Crippen molar-refractivity contribution in [2.24, 2.45) is 11.7 Å². The summed E-state index contributed by atoms with van der Waals surface area (Å²) in [5, 5.41) is 5.57. The van der Waals surface area contributed by atoms with Crippen molar-refractivity contribution in [2.75, 3.05) is 13.1 Å². The SMILES string of the molecule is CC1CCCCC12NC(=O)N(CC(=O)NC(C)(C)CN)C2=O. The molecule has 2 atom stereocenters. The number of rotatable bonds is 4. The van der Waals surface area contributed by atoms with Crippen LogP contribution in [0.4, 0.5) is 4.79 Å². The molecule has 2 fully saturated rings. The molecule has 1 heterocycles. The van der Waals surface area contributed by atoms with Crippen LogP contribution in [0.1, 0.15) is 46.5 Å². The third-order valence-electron chi connectivity index (χ3n) is 4.79. The van der Waals surface area contributed by atoms with E-state index < -0.39 is 17.1 Å². The van der Waals surface area contributed by atoms with Gasteiger partial charge in [-0.1, -0.05) is 19.8 Å². The number of hydrogen-bond acceptors (Lipinski definition) is 4. The minimum Gasteiger partial charge on any atom is -0.348 e.